The maximum Gasteiger partial charge on any atom is 0.125 e. The van der Waals surface area contributed by atoms with Gasteiger partial charge in [-0.05, 0) is 34.7 Å². The minimum atomic E-state index is 0.704. The van der Waals surface area contributed by atoms with Crippen LogP contribution in [0, 0.1) is 3.57 Å². The van der Waals surface area contributed by atoms with Gasteiger partial charge in [0.05, 0.1) is 22.6 Å². The predicted molar refractivity (Wildman–Crippen MR) is 52.8 cm³/mol. The number of nitrogens with zero attached hydrogens (tertiary/aromatic N) is 2. The van der Waals surface area contributed by atoms with E-state index in [1.54, 1.807) is 6.26 Å². The predicted octanol–water partition coefficient (Wildman–Crippen LogP) is 2.13. The van der Waals surface area contributed by atoms with E-state index in [4.69, 9.17) is 4.42 Å². The first-order chi connectivity index (χ1) is 5.84. The molecule has 0 amide bonds. The summed E-state index contributed by atoms with van der Waals surface area (Å²) in [6, 6.07) is 3.82. The lowest BCUT2D eigenvalue weighted by atomic mass is 10.4. The molecule has 0 aromatic carbocycles. The maximum absolute atomic E-state index is 5.18. The molecule has 0 saturated heterocycles. The second kappa shape index (κ2) is 3.30. The third-order valence-corrected chi connectivity index (χ3v) is 2.06. The normalized spacial score (nSPS) is 10.4. The van der Waals surface area contributed by atoms with E-state index in [1.165, 1.54) is 0 Å². The van der Waals surface area contributed by atoms with E-state index in [-0.39, 0.29) is 0 Å². The number of aromatic nitrogens is 2. The number of rotatable bonds is 2. The number of hydrogen-bond acceptors (Lipinski definition) is 2. The molecule has 0 aliphatic carbocycles. The van der Waals surface area contributed by atoms with E-state index in [9.17, 15) is 0 Å². The maximum atomic E-state index is 5.18. The Kier molecular flexibility index (Phi) is 2.16. The van der Waals surface area contributed by atoms with Gasteiger partial charge in [0.1, 0.15) is 5.76 Å². The van der Waals surface area contributed by atoms with Crippen molar-refractivity contribution in [1.82, 2.24) is 9.78 Å². The largest absolute Gasteiger partial charge is 0.467 e. The highest BCUT2D eigenvalue weighted by Crippen LogP contribution is 2.05. The average Bonchev–Trinajstić information content (AvgIpc) is 2.63. The van der Waals surface area contributed by atoms with Gasteiger partial charge in [-0.15, -0.1) is 0 Å². The van der Waals surface area contributed by atoms with Crippen molar-refractivity contribution in [3.63, 3.8) is 0 Å². The Labute approximate surface area is 83.5 Å². The summed E-state index contributed by atoms with van der Waals surface area (Å²) >= 11 is 2.23. The van der Waals surface area contributed by atoms with Gasteiger partial charge >= 0.3 is 0 Å². The van der Waals surface area contributed by atoms with Crippen LogP contribution in [0.2, 0.25) is 0 Å². The topological polar surface area (TPSA) is 31.0 Å². The van der Waals surface area contributed by atoms with Gasteiger partial charge in [0.25, 0.3) is 0 Å². The van der Waals surface area contributed by atoms with Gasteiger partial charge in [-0.25, -0.2) is 0 Å². The molecule has 0 bridgehead atoms. The van der Waals surface area contributed by atoms with Crippen molar-refractivity contribution < 1.29 is 4.42 Å². The third kappa shape index (κ3) is 1.69. The molecule has 2 aromatic heterocycles. The molecule has 0 atom stereocenters. The lowest BCUT2D eigenvalue weighted by molar-refractivity contribution is 0.480. The zero-order valence-corrected chi connectivity index (χ0v) is 8.43. The third-order valence-electron chi connectivity index (χ3n) is 1.50. The number of hydrogen-bond donors (Lipinski definition) is 0. The molecular formula is C8H7IN2O. The molecule has 62 valence electrons. The highest BCUT2D eigenvalue weighted by molar-refractivity contribution is 14.1. The smallest absolute Gasteiger partial charge is 0.125 e. The van der Waals surface area contributed by atoms with E-state index in [2.05, 4.69) is 27.7 Å². The highest BCUT2D eigenvalue weighted by atomic mass is 127. The summed E-state index contributed by atoms with van der Waals surface area (Å²) in [7, 11) is 0. The Bertz CT molecular complexity index is 353. The fourth-order valence-corrected chi connectivity index (χ4v) is 1.43. The monoisotopic (exact) mass is 274 g/mol. The van der Waals surface area contributed by atoms with E-state index < -0.39 is 0 Å². The summed E-state index contributed by atoms with van der Waals surface area (Å²) in [6.07, 6.45) is 5.47. The second-order valence-electron chi connectivity index (χ2n) is 2.44. The summed E-state index contributed by atoms with van der Waals surface area (Å²) in [5.41, 5.74) is 0. The summed E-state index contributed by atoms with van der Waals surface area (Å²) < 4.78 is 8.17. The Morgan fingerprint density at radius 1 is 1.58 bits per heavy atom. The van der Waals surface area contributed by atoms with Crippen LogP contribution >= 0.6 is 22.6 Å². The molecule has 0 unspecified atom stereocenters. The standard InChI is InChI=1S/C8H7IN2O/c9-7-4-10-11(5-7)6-8-2-1-3-12-8/h1-5H,6H2. The van der Waals surface area contributed by atoms with Crippen molar-refractivity contribution >= 4 is 22.6 Å². The lowest BCUT2D eigenvalue weighted by Crippen LogP contribution is -1.97. The summed E-state index contributed by atoms with van der Waals surface area (Å²) in [6.45, 7) is 0.704. The average molecular weight is 274 g/mol. The fraction of sp³-hybridized carbons (Fsp3) is 0.125. The fourth-order valence-electron chi connectivity index (χ4n) is 0.987. The van der Waals surface area contributed by atoms with Crippen molar-refractivity contribution in [2.24, 2.45) is 0 Å². The Hall–Kier alpha value is -0.780. The zero-order chi connectivity index (χ0) is 8.39. The van der Waals surface area contributed by atoms with Crippen LogP contribution in [0.25, 0.3) is 0 Å². The molecular weight excluding hydrogens is 267 g/mol. The lowest BCUT2D eigenvalue weighted by Gasteiger charge is -1.95. The minimum absolute atomic E-state index is 0.704. The molecule has 0 aliphatic heterocycles. The zero-order valence-electron chi connectivity index (χ0n) is 6.27. The van der Waals surface area contributed by atoms with Crippen LogP contribution in [-0.2, 0) is 6.54 Å². The molecule has 0 fully saturated rings. The summed E-state index contributed by atoms with van der Waals surface area (Å²) in [4.78, 5) is 0. The van der Waals surface area contributed by atoms with Crippen LogP contribution in [0.3, 0.4) is 0 Å². The summed E-state index contributed by atoms with van der Waals surface area (Å²) in [5, 5.41) is 4.14. The molecule has 2 heterocycles. The molecule has 0 radical (unpaired) electrons. The van der Waals surface area contributed by atoms with Crippen molar-refractivity contribution in [3.8, 4) is 0 Å². The molecule has 2 aromatic rings. The second-order valence-corrected chi connectivity index (χ2v) is 3.68. The van der Waals surface area contributed by atoms with Crippen LogP contribution < -0.4 is 0 Å². The van der Waals surface area contributed by atoms with E-state index in [1.807, 2.05) is 29.2 Å². The molecule has 3 nitrogen and oxygen atoms in total. The Morgan fingerprint density at radius 2 is 2.50 bits per heavy atom. The molecule has 4 heteroatoms. The van der Waals surface area contributed by atoms with Gasteiger partial charge < -0.3 is 4.42 Å². The molecule has 0 spiro atoms. The quantitative estimate of drug-likeness (QED) is 0.785. The minimum Gasteiger partial charge on any atom is -0.467 e. The van der Waals surface area contributed by atoms with E-state index in [0.29, 0.717) is 6.54 Å². The van der Waals surface area contributed by atoms with Crippen molar-refractivity contribution in [2.75, 3.05) is 0 Å². The van der Waals surface area contributed by atoms with Crippen LogP contribution in [0.15, 0.2) is 35.2 Å². The van der Waals surface area contributed by atoms with Crippen LogP contribution in [-0.4, -0.2) is 9.78 Å². The molecule has 0 aliphatic rings. The number of furan rings is 1. The Balaban J connectivity index is 2.14. The molecule has 12 heavy (non-hydrogen) atoms. The first-order valence-corrected chi connectivity index (χ1v) is 4.63. The van der Waals surface area contributed by atoms with Crippen LogP contribution in [0.5, 0.6) is 0 Å². The highest BCUT2D eigenvalue weighted by Gasteiger charge is 1.98. The van der Waals surface area contributed by atoms with Gasteiger partial charge in [-0.3, -0.25) is 4.68 Å². The van der Waals surface area contributed by atoms with Crippen LogP contribution in [0.4, 0.5) is 0 Å². The molecule has 0 saturated carbocycles. The van der Waals surface area contributed by atoms with Gasteiger partial charge in [0, 0.05) is 6.20 Å². The van der Waals surface area contributed by atoms with Crippen molar-refractivity contribution in [3.05, 3.63) is 40.1 Å². The SMILES string of the molecule is Ic1cnn(Cc2ccco2)c1. The van der Waals surface area contributed by atoms with Crippen molar-refractivity contribution in [1.29, 1.82) is 0 Å². The van der Waals surface area contributed by atoms with Gasteiger partial charge in [-0.1, -0.05) is 0 Å². The Morgan fingerprint density at radius 3 is 3.08 bits per heavy atom. The number of halogens is 1. The van der Waals surface area contributed by atoms with Gasteiger partial charge in [-0.2, -0.15) is 5.10 Å². The summed E-state index contributed by atoms with van der Waals surface area (Å²) in [5.74, 6) is 0.925. The first kappa shape index (κ1) is 7.85. The van der Waals surface area contributed by atoms with Gasteiger partial charge in [0.15, 0.2) is 0 Å². The van der Waals surface area contributed by atoms with Crippen LogP contribution in [0.1, 0.15) is 5.76 Å². The first-order valence-electron chi connectivity index (χ1n) is 3.55. The van der Waals surface area contributed by atoms with Gasteiger partial charge in [0.2, 0.25) is 0 Å². The molecule has 0 N–H and O–H groups in total. The van der Waals surface area contributed by atoms with Crippen molar-refractivity contribution in [2.45, 2.75) is 6.54 Å². The van der Waals surface area contributed by atoms with E-state index >= 15 is 0 Å². The molecule has 2 rings (SSSR count). The van der Waals surface area contributed by atoms with E-state index in [0.717, 1.165) is 9.33 Å².